The maximum atomic E-state index is 13.2. The molecule has 0 saturated carbocycles. The van der Waals surface area contributed by atoms with Crippen LogP contribution in [0.3, 0.4) is 0 Å². The molecule has 3 aromatic rings. The summed E-state index contributed by atoms with van der Waals surface area (Å²) in [6.07, 6.45) is 1.41. The van der Waals surface area contributed by atoms with Crippen LogP contribution in [0.5, 0.6) is 5.75 Å². The van der Waals surface area contributed by atoms with Crippen molar-refractivity contribution in [2.45, 2.75) is 5.75 Å². The smallest absolute Gasteiger partial charge is 0.267 e. The van der Waals surface area contributed by atoms with Crippen LogP contribution in [0.1, 0.15) is 25.6 Å². The number of thiophene rings is 1. The van der Waals surface area contributed by atoms with Gasteiger partial charge >= 0.3 is 0 Å². The Morgan fingerprint density at radius 1 is 1.17 bits per heavy atom. The number of thioether (sulfide) groups is 1. The quantitative estimate of drug-likeness (QED) is 0.331. The van der Waals surface area contributed by atoms with Gasteiger partial charge < -0.3 is 20.7 Å². The van der Waals surface area contributed by atoms with Gasteiger partial charge in [0.25, 0.3) is 11.8 Å². The summed E-state index contributed by atoms with van der Waals surface area (Å²) in [5, 5.41) is 12.3. The van der Waals surface area contributed by atoms with Gasteiger partial charge in [0.2, 0.25) is 0 Å². The number of hydrogen-bond acceptors (Lipinski definition) is 8. The van der Waals surface area contributed by atoms with E-state index in [1.54, 1.807) is 12.1 Å². The molecular formula is C22H18Cl3N5O3S2. The van der Waals surface area contributed by atoms with Crippen molar-refractivity contribution in [3.63, 3.8) is 0 Å². The number of amides is 2. The standard InChI is InChI=1S/C22H18Cl3N5O3S2/c1-33-15-7-13(24)6-14(20(31)29-16-3-2-12(23)8-28-16)18(15)30-21(32)19-17(25)11(9-34-19)10-35-22-26-4-5-27-22/h2-3,6-9H,4-5,10H2,1H3,(H,26,27)(H,30,32)(H,28,29,31). The third-order valence-electron chi connectivity index (χ3n) is 4.75. The van der Waals surface area contributed by atoms with E-state index in [4.69, 9.17) is 39.5 Å². The fraction of sp³-hybridized carbons (Fsp3) is 0.182. The molecule has 4 rings (SSSR count). The molecule has 2 amide bonds. The van der Waals surface area contributed by atoms with Crippen LogP contribution in [0, 0.1) is 0 Å². The molecule has 0 aliphatic carbocycles. The summed E-state index contributed by atoms with van der Waals surface area (Å²) < 4.78 is 5.39. The van der Waals surface area contributed by atoms with E-state index in [1.807, 2.05) is 5.38 Å². The molecule has 3 N–H and O–H groups in total. The molecule has 0 fully saturated rings. The van der Waals surface area contributed by atoms with Crippen molar-refractivity contribution < 1.29 is 14.3 Å². The maximum absolute atomic E-state index is 13.2. The van der Waals surface area contributed by atoms with Crippen LogP contribution in [0.2, 0.25) is 15.1 Å². The minimum atomic E-state index is -0.546. The van der Waals surface area contributed by atoms with Gasteiger partial charge in [-0.1, -0.05) is 46.6 Å². The Bertz CT molecular complexity index is 1300. The van der Waals surface area contributed by atoms with Crippen molar-refractivity contribution in [2.75, 3.05) is 30.8 Å². The average Bonchev–Trinajstić information content (AvgIpc) is 3.49. The highest BCUT2D eigenvalue weighted by molar-refractivity contribution is 8.13. The predicted molar refractivity (Wildman–Crippen MR) is 144 cm³/mol. The van der Waals surface area contributed by atoms with Crippen LogP contribution in [-0.4, -0.2) is 42.2 Å². The fourth-order valence-corrected chi connectivity index (χ4v) is 5.77. The van der Waals surface area contributed by atoms with Gasteiger partial charge in [0.15, 0.2) is 5.17 Å². The number of carbonyl (C=O) groups is 2. The number of benzene rings is 1. The molecule has 182 valence electrons. The van der Waals surface area contributed by atoms with E-state index in [2.05, 4.69) is 25.9 Å². The van der Waals surface area contributed by atoms with Gasteiger partial charge in [-0.2, -0.15) is 0 Å². The fourth-order valence-electron chi connectivity index (χ4n) is 3.10. The van der Waals surface area contributed by atoms with Crippen LogP contribution in [0.25, 0.3) is 0 Å². The Morgan fingerprint density at radius 2 is 2.00 bits per heavy atom. The average molecular weight is 571 g/mol. The highest BCUT2D eigenvalue weighted by atomic mass is 35.5. The van der Waals surface area contributed by atoms with E-state index < -0.39 is 11.8 Å². The maximum Gasteiger partial charge on any atom is 0.267 e. The van der Waals surface area contributed by atoms with E-state index in [0.29, 0.717) is 20.7 Å². The zero-order valence-electron chi connectivity index (χ0n) is 18.2. The number of hydrogen-bond donors (Lipinski definition) is 3. The van der Waals surface area contributed by atoms with Crippen molar-refractivity contribution in [2.24, 2.45) is 4.99 Å². The zero-order valence-corrected chi connectivity index (χ0v) is 22.1. The SMILES string of the molecule is COc1cc(Cl)cc(C(=O)Nc2ccc(Cl)cn2)c1NC(=O)c1scc(CSC2=NCCN2)c1Cl. The van der Waals surface area contributed by atoms with Crippen LogP contribution < -0.4 is 20.7 Å². The highest BCUT2D eigenvalue weighted by Gasteiger charge is 2.23. The summed E-state index contributed by atoms with van der Waals surface area (Å²) in [6.45, 7) is 1.57. The molecule has 1 aliphatic heterocycles. The number of anilines is 2. The van der Waals surface area contributed by atoms with Crippen LogP contribution >= 0.6 is 57.9 Å². The first-order valence-electron chi connectivity index (χ1n) is 10.1. The van der Waals surface area contributed by atoms with Gasteiger partial charge in [-0.15, -0.1) is 11.3 Å². The van der Waals surface area contributed by atoms with E-state index >= 15 is 0 Å². The first-order valence-corrected chi connectivity index (χ1v) is 13.1. The Hall–Kier alpha value is -2.50. The van der Waals surface area contributed by atoms with Crippen LogP contribution in [0.15, 0.2) is 40.8 Å². The number of halogens is 3. The summed E-state index contributed by atoms with van der Waals surface area (Å²) in [4.78, 5) is 34.9. The lowest BCUT2D eigenvalue weighted by atomic mass is 10.1. The first kappa shape index (κ1) is 25.6. The van der Waals surface area contributed by atoms with E-state index in [9.17, 15) is 9.59 Å². The summed E-state index contributed by atoms with van der Waals surface area (Å²) in [5.41, 5.74) is 1.06. The van der Waals surface area contributed by atoms with Gasteiger partial charge in [0.1, 0.15) is 16.4 Å². The van der Waals surface area contributed by atoms with E-state index in [-0.39, 0.29) is 27.8 Å². The second-order valence-corrected chi connectivity index (χ2v) is 10.2. The molecule has 8 nitrogen and oxygen atoms in total. The van der Waals surface area contributed by atoms with Gasteiger partial charge in [-0.3, -0.25) is 14.6 Å². The lowest BCUT2D eigenvalue weighted by molar-refractivity contribution is 0.102. The second kappa shape index (κ2) is 11.5. The number of methoxy groups -OCH3 is 1. The van der Waals surface area contributed by atoms with Crippen LogP contribution in [-0.2, 0) is 5.75 Å². The minimum Gasteiger partial charge on any atom is -0.494 e. The summed E-state index contributed by atoms with van der Waals surface area (Å²) in [5.74, 6) is 0.0387. The van der Waals surface area contributed by atoms with Crippen molar-refractivity contribution in [1.29, 1.82) is 0 Å². The van der Waals surface area contributed by atoms with Gasteiger partial charge in [-0.25, -0.2) is 4.98 Å². The highest BCUT2D eigenvalue weighted by Crippen LogP contribution is 2.36. The molecule has 0 saturated heterocycles. The molecule has 13 heteroatoms. The molecule has 1 aromatic carbocycles. The van der Waals surface area contributed by atoms with Crippen molar-refractivity contribution in [3.05, 3.63) is 66.9 Å². The largest absolute Gasteiger partial charge is 0.494 e. The minimum absolute atomic E-state index is 0.0910. The Labute approximate surface area is 224 Å². The lowest BCUT2D eigenvalue weighted by Gasteiger charge is -2.15. The zero-order chi connectivity index (χ0) is 24.9. The van der Waals surface area contributed by atoms with Crippen molar-refractivity contribution >= 4 is 86.4 Å². The number of nitrogens with zero attached hydrogens (tertiary/aromatic N) is 2. The normalized spacial score (nSPS) is 12.6. The number of amidine groups is 1. The van der Waals surface area contributed by atoms with Gasteiger partial charge in [-0.05, 0) is 29.1 Å². The number of aromatic nitrogens is 1. The third-order valence-corrected chi connectivity index (χ3v) is 7.77. The molecule has 3 heterocycles. The van der Waals surface area contributed by atoms with Gasteiger partial charge in [0, 0.05) is 29.6 Å². The Balaban J connectivity index is 1.56. The number of ether oxygens (including phenoxy) is 1. The number of nitrogens with one attached hydrogen (secondary N) is 3. The Morgan fingerprint density at radius 3 is 2.69 bits per heavy atom. The van der Waals surface area contributed by atoms with Crippen molar-refractivity contribution in [3.8, 4) is 5.75 Å². The molecule has 0 atom stereocenters. The first-order chi connectivity index (χ1) is 16.9. The molecule has 35 heavy (non-hydrogen) atoms. The summed E-state index contributed by atoms with van der Waals surface area (Å²) in [7, 11) is 1.41. The molecule has 0 bridgehead atoms. The number of rotatable bonds is 7. The van der Waals surface area contributed by atoms with E-state index in [0.717, 1.165) is 23.8 Å². The predicted octanol–water partition coefficient (Wildman–Crippen LogP) is 5.81. The van der Waals surface area contributed by atoms with E-state index in [1.165, 1.54) is 48.5 Å². The molecule has 0 unspecified atom stereocenters. The molecule has 0 radical (unpaired) electrons. The summed E-state index contributed by atoms with van der Waals surface area (Å²) in [6, 6.07) is 6.08. The molecule has 2 aromatic heterocycles. The summed E-state index contributed by atoms with van der Waals surface area (Å²) >= 11 is 21.3. The lowest BCUT2D eigenvalue weighted by Crippen LogP contribution is -2.19. The second-order valence-electron chi connectivity index (χ2n) is 7.11. The Kier molecular flexibility index (Phi) is 8.40. The molecular weight excluding hydrogens is 553 g/mol. The van der Waals surface area contributed by atoms with Crippen LogP contribution in [0.4, 0.5) is 11.5 Å². The molecule has 0 spiro atoms. The number of carbonyl (C=O) groups excluding carboxylic acids is 2. The topological polar surface area (TPSA) is 105 Å². The monoisotopic (exact) mass is 569 g/mol. The number of aliphatic imine (C=N–C) groups is 1. The van der Waals surface area contributed by atoms with Crippen molar-refractivity contribution in [1.82, 2.24) is 10.3 Å². The van der Waals surface area contributed by atoms with Gasteiger partial charge in [0.05, 0.1) is 35.0 Å². The third kappa shape index (κ3) is 6.20. The molecule has 1 aliphatic rings. The number of pyridine rings is 1.